The lowest BCUT2D eigenvalue weighted by atomic mass is 10.1. The molecule has 0 N–H and O–H groups in total. The molecule has 0 aliphatic rings. The van der Waals surface area contributed by atoms with Crippen LogP contribution in [-0.2, 0) is 10.1 Å². The van der Waals surface area contributed by atoms with Crippen molar-refractivity contribution in [2.24, 2.45) is 0 Å². The van der Waals surface area contributed by atoms with E-state index in [1.165, 1.54) is 82.0 Å². The zero-order valence-electron chi connectivity index (χ0n) is 20.0. The molecule has 0 saturated carbocycles. The third kappa shape index (κ3) is 9.36. The Bertz CT molecular complexity index is 631. The van der Waals surface area contributed by atoms with Crippen molar-refractivity contribution in [3.05, 3.63) is 0 Å². The Balaban J connectivity index is 0. The first-order valence-electron chi connectivity index (χ1n) is 11.2. The van der Waals surface area contributed by atoms with Gasteiger partial charge in [-0.2, -0.15) is 39.5 Å². The van der Waals surface area contributed by atoms with Crippen molar-refractivity contribution in [1.29, 1.82) is 0 Å². The summed E-state index contributed by atoms with van der Waals surface area (Å²) in [5, 5.41) is -7.11. The maximum Gasteiger partial charge on any atom is 0.460 e. The lowest BCUT2D eigenvalue weighted by Gasteiger charge is -2.39. The lowest BCUT2D eigenvalue weighted by Crippen LogP contribution is -2.63. The quantitative estimate of drug-likeness (QED) is 0.128. The molecule has 0 aliphatic carbocycles. The smallest absolute Gasteiger partial charge is 0.460 e. The van der Waals surface area contributed by atoms with Gasteiger partial charge in [0.2, 0.25) is 0 Å². The van der Waals surface area contributed by atoms with Crippen LogP contribution in [0.2, 0.25) is 0 Å². The molecule has 0 unspecified atom stereocenters. The summed E-state index contributed by atoms with van der Waals surface area (Å²) in [4.78, 5) is 0. The van der Waals surface area contributed by atoms with E-state index in [1.807, 2.05) is 0 Å². The van der Waals surface area contributed by atoms with Gasteiger partial charge in [-0.05, 0) is 25.7 Å². The molecule has 14 heteroatoms. The van der Waals surface area contributed by atoms with Crippen molar-refractivity contribution in [2.75, 3.05) is 26.2 Å². The minimum absolute atomic E-state index is 1.35. The van der Waals surface area contributed by atoms with Crippen LogP contribution in [0.5, 0.6) is 0 Å². The monoisotopic (exact) mass is 541 g/mol. The van der Waals surface area contributed by atoms with Gasteiger partial charge in [-0.25, -0.2) is 8.42 Å². The van der Waals surface area contributed by atoms with Crippen LogP contribution in [0.4, 0.5) is 39.5 Å². The van der Waals surface area contributed by atoms with Crippen molar-refractivity contribution in [2.45, 2.75) is 102 Å². The van der Waals surface area contributed by atoms with E-state index in [0.717, 1.165) is 0 Å². The van der Waals surface area contributed by atoms with Gasteiger partial charge in [-0.1, -0.05) is 53.4 Å². The van der Waals surface area contributed by atoms with E-state index >= 15 is 0 Å². The highest BCUT2D eigenvalue weighted by Gasteiger charge is 2.83. The predicted octanol–water partition coefficient (Wildman–Crippen LogP) is 6.96. The number of unbranched alkanes of at least 4 members (excludes halogenated alkanes) is 4. The summed E-state index contributed by atoms with van der Waals surface area (Å²) >= 11 is 0. The van der Waals surface area contributed by atoms with Crippen LogP contribution in [0.25, 0.3) is 0 Å². The zero-order valence-corrected chi connectivity index (χ0v) is 20.8. The minimum Gasteiger partial charge on any atom is -0.743 e. The summed E-state index contributed by atoms with van der Waals surface area (Å²) in [5.74, 6) is -14.8. The molecule has 0 aromatic carbocycles. The Morgan fingerprint density at radius 3 is 1.03 bits per heavy atom. The van der Waals surface area contributed by atoms with Gasteiger partial charge in [-0.15, -0.1) is 0 Å². The highest BCUT2D eigenvalue weighted by molar-refractivity contribution is 7.86. The summed E-state index contributed by atoms with van der Waals surface area (Å²) < 4.78 is 137. The molecule has 0 fully saturated rings. The van der Waals surface area contributed by atoms with E-state index < -0.39 is 33.4 Å². The minimum atomic E-state index is -7.43. The van der Waals surface area contributed by atoms with Gasteiger partial charge in [0, 0.05) is 0 Å². The third-order valence-electron chi connectivity index (χ3n) is 5.37. The van der Waals surface area contributed by atoms with Crippen molar-refractivity contribution >= 4 is 10.1 Å². The summed E-state index contributed by atoms with van der Waals surface area (Å²) in [7, 11) is -7.42. The first-order chi connectivity index (χ1) is 15.2. The number of rotatable bonds is 15. The molecule has 0 spiro atoms. The average molecular weight is 542 g/mol. The van der Waals surface area contributed by atoms with Crippen molar-refractivity contribution in [3.63, 3.8) is 0 Å². The number of hydrogen-bond donors (Lipinski definition) is 0. The number of halogens is 9. The van der Waals surface area contributed by atoms with Crippen LogP contribution in [0.1, 0.15) is 79.1 Å². The first kappa shape index (κ1) is 35.4. The third-order valence-corrected chi connectivity index (χ3v) is 6.26. The Morgan fingerprint density at radius 2 is 0.853 bits per heavy atom. The van der Waals surface area contributed by atoms with E-state index in [9.17, 15) is 52.5 Å². The fourth-order valence-electron chi connectivity index (χ4n) is 3.16. The second-order valence-corrected chi connectivity index (χ2v) is 9.69. The van der Waals surface area contributed by atoms with Gasteiger partial charge in [0.15, 0.2) is 10.1 Å². The highest BCUT2D eigenvalue weighted by atomic mass is 32.2. The van der Waals surface area contributed by atoms with Gasteiger partial charge in [-0.3, -0.25) is 0 Å². The number of nitrogens with zero attached hydrogens (tertiary/aromatic N) is 1. The van der Waals surface area contributed by atoms with E-state index in [4.69, 9.17) is 0 Å². The van der Waals surface area contributed by atoms with Crippen molar-refractivity contribution in [1.82, 2.24) is 0 Å². The Kier molecular flexibility index (Phi) is 14.7. The molecule has 0 radical (unpaired) electrons. The van der Waals surface area contributed by atoms with Crippen molar-refractivity contribution < 1.29 is 57.0 Å². The Morgan fingerprint density at radius 1 is 0.588 bits per heavy atom. The molecule has 0 atom stereocenters. The van der Waals surface area contributed by atoms with Gasteiger partial charge < -0.3 is 9.04 Å². The predicted molar refractivity (Wildman–Crippen MR) is 110 cm³/mol. The van der Waals surface area contributed by atoms with E-state index in [2.05, 4.69) is 27.7 Å². The fraction of sp³-hybridized carbons (Fsp3) is 1.00. The molecule has 34 heavy (non-hydrogen) atoms. The molecular formula is C20H36F9NO3S. The summed E-state index contributed by atoms with van der Waals surface area (Å²) in [5.41, 5.74) is 0. The largest absolute Gasteiger partial charge is 0.743 e. The zero-order chi connectivity index (χ0) is 27.5. The Labute approximate surface area is 196 Å². The molecular weight excluding hydrogens is 505 g/mol. The summed E-state index contributed by atoms with van der Waals surface area (Å²) in [6.07, 6.45) is 3.90. The first-order valence-corrected chi connectivity index (χ1v) is 12.7. The molecule has 0 rings (SSSR count). The molecule has 0 bridgehead atoms. The average Bonchev–Trinajstić information content (AvgIpc) is 2.71. The molecule has 208 valence electrons. The van der Waals surface area contributed by atoms with E-state index in [-0.39, 0.29) is 0 Å². The molecule has 0 amide bonds. The molecule has 0 saturated heterocycles. The van der Waals surface area contributed by atoms with E-state index in [1.54, 1.807) is 0 Å². The topological polar surface area (TPSA) is 57.2 Å². The molecule has 4 nitrogen and oxygen atoms in total. The second kappa shape index (κ2) is 14.1. The highest BCUT2D eigenvalue weighted by Crippen LogP contribution is 2.54. The second-order valence-electron chi connectivity index (χ2n) is 8.27. The number of quaternary nitrogens is 1. The standard InChI is InChI=1S/C16H36N.C4HF9O3S/c1-5-9-13-17(14-10-6-2,15-11-7-3)16-12-8-4;5-1(6,3(9,10)11)2(7,8)4(12,13)17(14,15)16/h5-16H2,1-4H3;(H,14,15,16)/q+1;/p-1. The van der Waals surface area contributed by atoms with Crippen LogP contribution in [0, 0.1) is 0 Å². The number of hydrogen-bond acceptors (Lipinski definition) is 3. The van der Waals surface area contributed by atoms with Crippen LogP contribution >= 0.6 is 0 Å². The molecule has 0 aromatic heterocycles. The van der Waals surface area contributed by atoms with Crippen LogP contribution in [0.3, 0.4) is 0 Å². The lowest BCUT2D eigenvalue weighted by molar-refractivity contribution is -0.929. The van der Waals surface area contributed by atoms with Gasteiger partial charge in [0.05, 0.1) is 26.2 Å². The van der Waals surface area contributed by atoms with Crippen molar-refractivity contribution in [3.8, 4) is 0 Å². The molecule has 0 aliphatic heterocycles. The van der Waals surface area contributed by atoms with Gasteiger partial charge in [0.25, 0.3) is 0 Å². The normalized spacial score (nSPS) is 14.1. The molecule has 0 aromatic rings. The van der Waals surface area contributed by atoms with Gasteiger partial charge >= 0.3 is 23.3 Å². The maximum absolute atomic E-state index is 12.2. The van der Waals surface area contributed by atoms with Crippen LogP contribution in [-0.4, -0.2) is 66.9 Å². The number of alkyl halides is 9. The summed E-state index contributed by atoms with van der Waals surface area (Å²) in [6, 6.07) is 0. The van der Waals surface area contributed by atoms with Crippen LogP contribution < -0.4 is 0 Å². The maximum atomic E-state index is 12.2. The van der Waals surface area contributed by atoms with E-state index in [0.29, 0.717) is 0 Å². The SMILES string of the molecule is CCCC[N+](CCCC)(CCCC)CCCC.O=S(=O)([O-])C(F)(F)C(F)(F)C(F)(F)C(F)(F)F. The van der Waals surface area contributed by atoms with Crippen LogP contribution in [0.15, 0.2) is 0 Å². The summed E-state index contributed by atoms with van der Waals surface area (Å²) in [6.45, 7) is 15.0. The fourth-order valence-corrected chi connectivity index (χ4v) is 3.60. The molecule has 0 heterocycles. The van der Waals surface area contributed by atoms with Gasteiger partial charge in [0.1, 0.15) is 0 Å². The Hall–Kier alpha value is -0.760.